The number of carbonyl (C=O) groups excluding carboxylic acids is 2. The quantitative estimate of drug-likeness (QED) is 0.868. The van der Waals surface area contributed by atoms with Crippen molar-refractivity contribution in [2.75, 3.05) is 33.2 Å². The minimum absolute atomic E-state index is 0.253. The van der Waals surface area contributed by atoms with Crippen LogP contribution in [0.3, 0.4) is 0 Å². The zero-order valence-electron chi connectivity index (χ0n) is 14.1. The lowest BCUT2D eigenvalue weighted by atomic mass is 10.1. The minimum Gasteiger partial charge on any atom is -0.341 e. The van der Waals surface area contributed by atoms with Gasteiger partial charge in [-0.25, -0.2) is 4.79 Å². The maximum atomic E-state index is 12.0. The van der Waals surface area contributed by atoms with Gasteiger partial charge in [0.25, 0.3) is 0 Å². The summed E-state index contributed by atoms with van der Waals surface area (Å²) in [7, 11) is 1.50. The highest BCUT2D eigenvalue weighted by atomic mass is 16.2. The third-order valence-electron chi connectivity index (χ3n) is 4.45. The van der Waals surface area contributed by atoms with Gasteiger partial charge < -0.3 is 5.32 Å². The molecule has 1 aliphatic heterocycles. The first-order valence-corrected chi connectivity index (χ1v) is 8.04. The van der Waals surface area contributed by atoms with Crippen LogP contribution in [0.5, 0.6) is 0 Å². The molecule has 2 N–H and O–H groups in total. The SMILES string of the molecule is CNC(=O)NC(=O)[C@@H](C)N1CCN(Cc2ccccc2C)CC1. The van der Waals surface area contributed by atoms with Crippen LogP contribution in [0.25, 0.3) is 0 Å². The zero-order valence-corrected chi connectivity index (χ0v) is 14.1. The lowest BCUT2D eigenvalue weighted by Gasteiger charge is -2.37. The minimum atomic E-state index is -0.458. The summed E-state index contributed by atoms with van der Waals surface area (Å²) in [6.45, 7) is 8.42. The van der Waals surface area contributed by atoms with E-state index in [1.54, 1.807) is 0 Å². The van der Waals surface area contributed by atoms with Crippen molar-refractivity contribution < 1.29 is 9.59 Å². The molecule has 6 nitrogen and oxygen atoms in total. The topological polar surface area (TPSA) is 64.7 Å². The van der Waals surface area contributed by atoms with Gasteiger partial charge in [-0.1, -0.05) is 24.3 Å². The van der Waals surface area contributed by atoms with E-state index in [4.69, 9.17) is 0 Å². The van der Waals surface area contributed by atoms with Gasteiger partial charge in [-0.05, 0) is 25.0 Å². The van der Waals surface area contributed by atoms with Crippen LogP contribution in [0.15, 0.2) is 24.3 Å². The summed E-state index contributed by atoms with van der Waals surface area (Å²) in [5.74, 6) is -0.253. The number of nitrogens with one attached hydrogen (secondary N) is 2. The van der Waals surface area contributed by atoms with Gasteiger partial charge in [-0.3, -0.25) is 19.9 Å². The number of imide groups is 1. The van der Waals surface area contributed by atoms with Gasteiger partial charge in [0.1, 0.15) is 0 Å². The van der Waals surface area contributed by atoms with Crippen LogP contribution in [-0.4, -0.2) is 61.0 Å². The molecule has 0 aromatic heterocycles. The molecule has 0 spiro atoms. The molecule has 0 aliphatic carbocycles. The van der Waals surface area contributed by atoms with E-state index in [1.165, 1.54) is 18.2 Å². The Morgan fingerprint density at radius 3 is 2.43 bits per heavy atom. The second kappa shape index (κ2) is 8.08. The molecule has 0 saturated carbocycles. The molecule has 3 amide bonds. The Balaban J connectivity index is 1.82. The van der Waals surface area contributed by atoms with Crippen LogP contribution >= 0.6 is 0 Å². The first kappa shape index (κ1) is 17.4. The molecule has 23 heavy (non-hydrogen) atoms. The molecule has 1 atom stereocenters. The van der Waals surface area contributed by atoms with Crippen LogP contribution in [0, 0.1) is 6.92 Å². The molecular formula is C17H26N4O2. The summed E-state index contributed by atoms with van der Waals surface area (Å²) in [5.41, 5.74) is 2.67. The molecular weight excluding hydrogens is 292 g/mol. The maximum Gasteiger partial charge on any atom is 0.321 e. The predicted octanol–water partition coefficient (Wildman–Crippen LogP) is 0.957. The van der Waals surface area contributed by atoms with Gasteiger partial charge in [0.05, 0.1) is 6.04 Å². The van der Waals surface area contributed by atoms with Gasteiger partial charge in [-0.2, -0.15) is 0 Å². The first-order valence-electron chi connectivity index (χ1n) is 8.04. The number of rotatable bonds is 4. The Labute approximate surface area is 137 Å². The van der Waals surface area contributed by atoms with Crippen LogP contribution in [0.4, 0.5) is 4.79 Å². The van der Waals surface area contributed by atoms with Crippen molar-refractivity contribution >= 4 is 11.9 Å². The molecule has 0 bridgehead atoms. The second-order valence-corrected chi connectivity index (χ2v) is 5.98. The summed E-state index contributed by atoms with van der Waals surface area (Å²) in [4.78, 5) is 27.8. The second-order valence-electron chi connectivity index (χ2n) is 5.98. The Bertz CT molecular complexity index is 553. The number of benzene rings is 1. The number of piperazine rings is 1. The van der Waals surface area contributed by atoms with Crippen molar-refractivity contribution in [2.24, 2.45) is 0 Å². The van der Waals surface area contributed by atoms with E-state index in [9.17, 15) is 9.59 Å². The van der Waals surface area contributed by atoms with E-state index in [2.05, 4.69) is 51.6 Å². The molecule has 1 aromatic carbocycles. The van der Waals surface area contributed by atoms with Crippen LogP contribution in [-0.2, 0) is 11.3 Å². The molecule has 1 saturated heterocycles. The number of hydrogen-bond acceptors (Lipinski definition) is 4. The molecule has 0 radical (unpaired) electrons. The van der Waals surface area contributed by atoms with Gasteiger partial charge in [0, 0.05) is 39.8 Å². The fourth-order valence-electron chi connectivity index (χ4n) is 2.78. The van der Waals surface area contributed by atoms with E-state index in [1.807, 2.05) is 6.92 Å². The van der Waals surface area contributed by atoms with Gasteiger partial charge in [0.2, 0.25) is 5.91 Å². The summed E-state index contributed by atoms with van der Waals surface area (Å²) in [6, 6.07) is 7.68. The number of hydrogen-bond donors (Lipinski definition) is 2. The summed E-state index contributed by atoms with van der Waals surface area (Å²) in [5, 5.41) is 4.74. The van der Waals surface area contributed by atoms with E-state index in [0.29, 0.717) is 0 Å². The zero-order chi connectivity index (χ0) is 16.8. The molecule has 1 fully saturated rings. The van der Waals surface area contributed by atoms with E-state index >= 15 is 0 Å². The monoisotopic (exact) mass is 318 g/mol. The predicted molar refractivity (Wildman–Crippen MR) is 90.1 cm³/mol. The van der Waals surface area contributed by atoms with Gasteiger partial charge in [0.15, 0.2) is 0 Å². The van der Waals surface area contributed by atoms with Crippen LogP contribution in [0.2, 0.25) is 0 Å². The fraction of sp³-hybridized carbons (Fsp3) is 0.529. The average molecular weight is 318 g/mol. The van der Waals surface area contributed by atoms with E-state index < -0.39 is 6.03 Å². The standard InChI is InChI=1S/C17H26N4O2/c1-13-6-4-5-7-15(13)12-20-8-10-21(11-9-20)14(2)16(22)19-17(23)18-3/h4-7,14H,8-12H2,1-3H3,(H2,18,19,22,23)/t14-/m1/s1. The Morgan fingerprint density at radius 2 is 1.83 bits per heavy atom. The van der Waals surface area contributed by atoms with Crippen molar-refractivity contribution in [2.45, 2.75) is 26.4 Å². The third-order valence-corrected chi connectivity index (χ3v) is 4.45. The van der Waals surface area contributed by atoms with Crippen LogP contribution in [0.1, 0.15) is 18.1 Å². The van der Waals surface area contributed by atoms with E-state index in [-0.39, 0.29) is 11.9 Å². The van der Waals surface area contributed by atoms with Crippen molar-refractivity contribution in [1.29, 1.82) is 0 Å². The Morgan fingerprint density at radius 1 is 1.17 bits per heavy atom. The lowest BCUT2D eigenvalue weighted by molar-refractivity contribution is -0.125. The van der Waals surface area contributed by atoms with Crippen molar-refractivity contribution in [3.05, 3.63) is 35.4 Å². The first-order chi connectivity index (χ1) is 11.0. The average Bonchev–Trinajstić information content (AvgIpc) is 2.56. The van der Waals surface area contributed by atoms with E-state index in [0.717, 1.165) is 32.7 Å². The molecule has 0 unspecified atom stereocenters. The summed E-state index contributed by atoms with van der Waals surface area (Å²) >= 11 is 0. The molecule has 2 rings (SSSR count). The lowest BCUT2D eigenvalue weighted by Crippen LogP contribution is -2.55. The molecule has 1 heterocycles. The summed E-state index contributed by atoms with van der Waals surface area (Å²) < 4.78 is 0. The Hall–Kier alpha value is -1.92. The summed E-state index contributed by atoms with van der Waals surface area (Å²) in [6.07, 6.45) is 0. The highest BCUT2D eigenvalue weighted by Crippen LogP contribution is 2.13. The smallest absolute Gasteiger partial charge is 0.321 e. The largest absolute Gasteiger partial charge is 0.341 e. The van der Waals surface area contributed by atoms with Gasteiger partial charge >= 0.3 is 6.03 Å². The molecule has 1 aromatic rings. The molecule has 1 aliphatic rings. The number of aryl methyl sites for hydroxylation is 1. The maximum absolute atomic E-state index is 12.0. The highest BCUT2D eigenvalue weighted by molar-refractivity contribution is 5.96. The van der Waals surface area contributed by atoms with Gasteiger partial charge in [-0.15, -0.1) is 0 Å². The fourth-order valence-corrected chi connectivity index (χ4v) is 2.78. The number of nitrogens with zero attached hydrogens (tertiary/aromatic N) is 2. The number of urea groups is 1. The Kier molecular flexibility index (Phi) is 6.12. The third kappa shape index (κ3) is 4.77. The van der Waals surface area contributed by atoms with Crippen LogP contribution < -0.4 is 10.6 Å². The number of carbonyl (C=O) groups is 2. The number of amides is 3. The molecule has 6 heteroatoms. The van der Waals surface area contributed by atoms with Crippen molar-refractivity contribution in [1.82, 2.24) is 20.4 Å². The van der Waals surface area contributed by atoms with Crippen molar-refractivity contribution in [3.63, 3.8) is 0 Å². The molecule has 126 valence electrons. The highest BCUT2D eigenvalue weighted by Gasteiger charge is 2.26. The normalized spacial score (nSPS) is 17.5. The van der Waals surface area contributed by atoms with Crippen molar-refractivity contribution in [3.8, 4) is 0 Å².